The van der Waals surface area contributed by atoms with Crippen LogP contribution in [0.4, 0.5) is 4.39 Å². The van der Waals surface area contributed by atoms with Gasteiger partial charge in [0.25, 0.3) is 0 Å². The number of benzene rings is 1. The Morgan fingerprint density at radius 3 is 2.64 bits per heavy atom. The molecule has 2 rings (SSSR count). The lowest BCUT2D eigenvalue weighted by atomic mass is 10.1. The standard InChI is InChI=1S/C11H12BrFO/c12-9-5-8(6-10(13)7-9)1-2-11(14)3-4-11/h5-7,14H,1-4H2. The highest BCUT2D eigenvalue weighted by molar-refractivity contribution is 9.10. The second-order valence-corrected chi connectivity index (χ2v) is 4.92. The molecule has 0 spiro atoms. The van der Waals surface area contributed by atoms with Crippen molar-refractivity contribution in [2.24, 2.45) is 0 Å². The number of hydrogen-bond donors (Lipinski definition) is 1. The lowest BCUT2D eigenvalue weighted by molar-refractivity contribution is 0.140. The first-order valence-corrected chi connectivity index (χ1v) is 5.54. The van der Waals surface area contributed by atoms with E-state index in [1.807, 2.05) is 6.07 Å². The topological polar surface area (TPSA) is 20.2 Å². The number of halogens is 2. The van der Waals surface area contributed by atoms with Gasteiger partial charge >= 0.3 is 0 Å². The Hall–Kier alpha value is -0.410. The Balaban J connectivity index is 2.01. The van der Waals surface area contributed by atoms with Crippen LogP contribution >= 0.6 is 15.9 Å². The summed E-state index contributed by atoms with van der Waals surface area (Å²) in [5, 5.41) is 9.62. The third kappa shape index (κ3) is 2.55. The molecule has 1 aliphatic rings. The van der Waals surface area contributed by atoms with Crippen LogP contribution < -0.4 is 0 Å². The van der Waals surface area contributed by atoms with E-state index < -0.39 is 5.60 Å². The van der Waals surface area contributed by atoms with Crippen LogP contribution in [0.2, 0.25) is 0 Å². The van der Waals surface area contributed by atoms with E-state index in [1.165, 1.54) is 12.1 Å². The van der Waals surface area contributed by atoms with Gasteiger partial charge in [-0.3, -0.25) is 0 Å². The normalized spacial score (nSPS) is 18.2. The number of aryl methyl sites for hydroxylation is 1. The molecule has 1 N–H and O–H groups in total. The summed E-state index contributed by atoms with van der Waals surface area (Å²) in [6, 6.07) is 4.86. The van der Waals surface area contributed by atoms with E-state index in [9.17, 15) is 9.50 Å². The Morgan fingerprint density at radius 2 is 2.07 bits per heavy atom. The van der Waals surface area contributed by atoms with E-state index in [-0.39, 0.29) is 5.82 Å². The van der Waals surface area contributed by atoms with E-state index in [1.54, 1.807) is 0 Å². The van der Waals surface area contributed by atoms with Crippen LogP contribution in [0, 0.1) is 5.82 Å². The molecule has 1 nitrogen and oxygen atoms in total. The Kier molecular flexibility index (Phi) is 2.62. The summed E-state index contributed by atoms with van der Waals surface area (Å²) in [6.45, 7) is 0. The van der Waals surface area contributed by atoms with Crippen molar-refractivity contribution in [2.45, 2.75) is 31.3 Å². The highest BCUT2D eigenvalue weighted by Crippen LogP contribution is 2.39. The molecular weight excluding hydrogens is 247 g/mol. The summed E-state index contributed by atoms with van der Waals surface area (Å²) in [5.41, 5.74) is 0.496. The van der Waals surface area contributed by atoms with Gasteiger partial charge in [0, 0.05) is 4.47 Å². The van der Waals surface area contributed by atoms with Crippen LogP contribution in [0.3, 0.4) is 0 Å². The highest BCUT2D eigenvalue weighted by Gasteiger charge is 2.39. The first kappa shape index (κ1) is 10.1. The fourth-order valence-electron chi connectivity index (χ4n) is 1.53. The summed E-state index contributed by atoms with van der Waals surface area (Å²) in [4.78, 5) is 0. The zero-order chi connectivity index (χ0) is 10.2. The fraction of sp³-hybridized carbons (Fsp3) is 0.455. The molecule has 0 unspecified atom stereocenters. The molecule has 14 heavy (non-hydrogen) atoms. The fourth-order valence-corrected chi connectivity index (χ4v) is 2.04. The van der Waals surface area contributed by atoms with E-state index in [0.29, 0.717) is 0 Å². The van der Waals surface area contributed by atoms with Crippen molar-refractivity contribution >= 4 is 15.9 Å². The summed E-state index contributed by atoms with van der Waals surface area (Å²) >= 11 is 3.25. The molecule has 0 bridgehead atoms. The van der Waals surface area contributed by atoms with Gasteiger partial charge in [0.2, 0.25) is 0 Å². The molecule has 0 heterocycles. The number of aliphatic hydroxyl groups is 1. The lowest BCUT2D eigenvalue weighted by Gasteiger charge is -2.07. The van der Waals surface area contributed by atoms with Crippen LogP contribution in [0.15, 0.2) is 22.7 Å². The maximum atomic E-state index is 13.0. The lowest BCUT2D eigenvalue weighted by Crippen LogP contribution is -2.07. The number of hydrogen-bond acceptors (Lipinski definition) is 1. The minimum atomic E-state index is -0.446. The van der Waals surface area contributed by atoms with Crippen LogP contribution in [0.25, 0.3) is 0 Å². The molecule has 0 atom stereocenters. The van der Waals surface area contributed by atoms with Crippen LogP contribution in [-0.2, 0) is 6.42 Å². The second-order valence-electron chi connectivity index (χ2n) is 4.00. The third-order valence-electron chi connectivity index (χ3n) is 2.63. The molecule has 3 heteroatoms. The maximum Gasteiger partial charge on any atom is 0.124 e. The largest absolute Gasteiger partial charge is 0.390 e. The predicted octanol–water partition coefficient (Wildman–Crippen LogP) is 3.05. The van der Waals surface area contributed by atoms with Gasteiger partial charge in [0.05, 0.1) is 5.60 Å². The first-order valence-electron chi connectivity index (χ1n) is 4.75. The smallest absolute Gasteiger partial charge is 0.124 e. The van der Waals surface area contributed by atoms with Gasteiger partial charge in [0.1, 0.15) is 5.82 Å². The maximum absolute atomic E-state index is 13.0. The number of rotatable bonds is 3. The molecule has 76 valence electrons. The van der Waals surface area contributed by atoms with Crippen molar-refractivity contribution in [3.05, 3.63) is 34.1 Å². The first-order chi connectivity index (χ1) is 6.57. The van der Waals surface area contributed by atoms with Gasteiger partial charge in [-0.1, -0.05) is 15.9 Å². The Morgan fingerprint density at radius 1 is 1.36 bits per heavy atom. The van der Waals surface area contributed by atoms with Crippen molar-refractivity contribution < 1.29 is 9.50 Å². The van der Waals surface area contributed by atoms with E-state index in [2.05, 4.69) is 15.9 Å². The minimum absolute atomic E-state index is 0.225. The van der Waals surface area contributed by atoms with Crippen molar-refractivity contribution in [3.8, 4) is 0 Å². The van der Waals surface area contributed by atoms with Gasteiger partial charge in [0.15, 0.2) is 0 Å². The SMILES string of the molecule is OC1(CCc2cc(F)cc(Br)c2)CC1. The van der Waals surface area contributed by atoms with Crippen molar-refractivity contribution in [1.82, 2.24) is 0 Å². The van der Waals surface area contributed by atoms with Gasteiger partial charge in [-0.05, 0) is 49.4 Å². The molecule has 1 saturated carbocycles. The molecule has 0 aliphatic heterocycles. The molecule has 0 radical (unpaired) electrons. The van der Waals surface area contributed by atoms with Crippen molar-refractivity contribution in [3.63, 3.8) is 0 Å². The van der Waals surface area contributed by atoms with E-state index >= 15 is 0 Å². The molecule has 0 aromatic heterocycles. The summed E-state index contributed by atoms with van der Waals surface area (Å²) in [6.07, 6.45) is 3.27. The quantitative estimate of drug-likeness (QED) is 0.884. The Labute approximate surface area is 91.1 Å². The van der Waals surface area contributed by atoms with Gasteiger partial charge < -0.3 is 5.11 Å². The third-order valence-corrected chi connectivity index (χ3v) is 3.09. The molecule has 0 amide bonds. The highest BCUT2D eigenvalue weighted by atomic mass is 79.9. The average molecular weight is 259 g/mol. The zero-order valence-corrected chi connectivity index (χ0v) is 9.35. The summed E-state index contributed by atoms with van der Waals surface area (Å²) in [5.74, 6) is -0.225. The predicted molar refractivity (Wildman–Crippen MR) is 56.6 cm³/mol. The molecule has 1 aliphatic carbocycles. The zero-order valence-electron chi connectivity index (χ0n) is 7.76. The van der Waals surface area contributed by atoms with Crippen molar-refractivity contribution in [1.29, 1.82) is 0 Å². The van der Waals surface area contributed by atoms with E-state index in [0.717, 1.165) is 35.7 Å². The molecule has 0 saturated heterocycles. The molecule has 1 fully saturated rings. The monoisotopic (exact) mass is 258 g/mol. The van der Waals surface area contributed by atoms with Gasteiger partial charge in [-0.2, -0.15) is 0 Å². The minimum Gasteiger partial charge on any atom is -0.390 e. The van der Waals surface area contributed by atoms with Gasteiger partial charge in [-0.15, -0.1) is 0 Å². The van der Waals surface area contributed by atoms with Crippen LogP contribution in [0.1, 0.15) is 24.8 Å². The van der Waals surface area contributed by atoms with Crippen LogP contribution in [0.5, 0.6) is 0 Å². The molecule has 1 aromatic rings. The van der Waals surface area contributed by atoms with Gasteiger partial charge in [-0.25, -0.2) is 4.39 Å². The molecular formula is C11H12BrFO. The van der Waals surface area contributed by atoms with Crippen LogP contribution in [-0.4, -0.2) is 10.7 Å². The summed E-state index contributed by atoms with van der Waals surface area (Å²) in [7, 11) is 0. The average Bonchev–Trinajstić information content (AvgIpc) is 2.80. The Bertz CT molecular complexity index is 327. The second kappa shape index (κ2) is 3.63. The molecule has 1 aromatic carbocycles. The summed E-state index contributed by atoms with van der Waals surface area (Å²) < 4.78 is 13.7. The van der Waals surface area contributed by atoms with E-state index in [4.69, 9.17) is 0 Å². The van der Waals surface area contributed by atoms with Crippen molar-refractivity contribution in [2.75, 3.05) is 0 Å².